The second-order valence-corrected chi connectivity index (χ2v) is 4.43. The van der Waals surface area contributed by atoms with E-state index in [1.807, 2.05) is 0 Å². The van der Waals surface area contributed by atoms with Crippen LogP contribution in [0.3, 0.4) is 0 Å². The van der Waals surface area contributed by atoms with E-state index in [9.17, 15) is 0 Å². The molecule has 0 bridgehead atoms. The Morgan fingerprint density at radius 2 is 1.94 bits per heavy atom. The fourth-order valence-corrected chi connectivity index (χ4v) is 1.63. The minimum Gasteiger partial charge on any atom is -0.326 e. The Morgan fingerprint density at radius 3 is 2.44 bits per heavy atom. The molecule has 18 heavy (non-hydrogen) atoms. The van der Waals surface area contributed by atoms with Crippen molar-refractivity contribution in [3.63, 3.8) is 0 Å². The van der Waals surface area contributed by atoms with E-state index in [1.165, 1.54) is 16.7 Å². The van der Waals surface area contributed by atoms with Gasteiger partial charge in [-0.3, -0.25) is 0 Å². The summed E-state index contributed by atoms with van der Waals surface area (Å²) >= 11 is 0. The maximum Gasteiger partial charge on any atom is 0.0178 e. The summed E-state index contributed by atoms with van der Waals surface area (Å²) in [5, 5.41) is 3.28. The molecule has 98 valence electrons. The molecule has 0 fully saturated rings. The molecule has 1 aliphatic rings. The summed E-state index contributed by atoms with van der Waals surface area (Å²) in [5.74, 6) is 0. The lowest BCUT2D eigenvalue weighted by atomic mass is 10.2. The molecule has 1 aliphatic carbocycles. The summed E-state index contributed by atoms with van der Waals surface area (Å²) in [7, 11) is 0. The number of benzene rings is 1. The van der Waals surface area contributed by atoms with Crippen LogP contribution in [0.15, 0.2) is 48.1 Å². The second kappa shape index (κ2) is 8.67. The van der Waals surface area contributed by atoms with Crippen LogP contribution in [0.2, 0.25) is 0 Å². The quantitative estimate of drug-likeness (QED) is 0.854. The van der Waals surface area contributed by atoms with Crippen LogP contribution in [0.4, 0.5) is 0 Å². The van der Waals surface area contributed by atoms with Gasteiger partial charge in [-0.05, 0) is 25.5 Å². The van der Waals surface area contributed by atoms with E-state index in [2.05, 4.69) is 61.7 Å². The SMILES string of the molecule is CCNCC1=CC=CC1.Cc1ccc(CN)cc1. The van der Waals surface area contributed by atoms with Crippen LogP contribution in [0.1, 0.15) is 24.5 Å². The molecule has 0 heterocycles. The molecule has 2 nitrogen and oxygen atoms in total. The van der Waals surface area contributed by atoms with E-state index in [1.54, 1.807) is 0 Å². The van der Waals surface area contributed by atoms with Crippen molar-refractivity contribution >= 4 is 0 Å². The van der Waals surface area contributed by atoms with Crippen LogP contribution in [-0.4, -0.2) is 13.1 Å². The minimum absolute atomic E-state index is 0.639. The Kier molecular flexibility index (Phi) is 7.07. The third-order valence-electron chi connectivity index (χ3n) is 2.81. The fourth-order valence-electron chi connectivity index (χ4n) is 1.63. The van der Waals surface area contributed by atoms with Crippen molar-refractivity contribution < 1.29 is 0 Å². The number of likely N-dealkylation sites (N-methyl/N-ethyl adjacent to an activating group) is 1. The van der Waals surface area contributed by atoms with Crippen LogP contribution in [0.5, 0.6) is 0 Å². The van der Waals surface area contributed by atoms with Crippen molar-refractivity contribution in [1.29, 1.82) is 0 Å². The highest BCUT2D eigenvalue weighted by molar-refractivity contribution is 5.23. The number of hydrogen-bond donors (Lipinski definition) is 2. The molecule has 3 N–H and O–H groups in total. The van der Waals surface area contributed by atoms with Crippen molar-refractivity contribution in [1.82, 2.24) is 5.32 Å². The van der Waals surface area contributed by atoms with Gasteiger partial charge in [-0.2, -0.15) is 0 Å². The topological polar surface area (TPSA) is 38.0 Å². The Labute approximate surface area is 111 Å². The average Bonchev–Trinajstić information content (AvgIpc) is 2.91. The van der Waals surface area contributed by atoms with Crippen LogP contribution in [0, 0.1) is 6.92 Å². The van der Waals surface area contributed by atoms with E-state index in [4.69, 9.17) is 5.73 Å². The normalized spacial score (nSPS) is 12.9. The number of nitrogens with one attached hydrogen (secondary N) is 1. The Hall–Kier alpha value is -1.38. The van der Waals surface area contributed by atoms with Crippen molar-refractivity contribution in [2.75, 3.05) is 13.1 Å². The predicted molar refractivity (Wildman–Crippen MR) is 79.5 cm³/mol. The lowest BCUT2D eigenvalue weighted by Crippen LogP contribution is -2.15. The highest BCUT2D eigenvalue weighted by Crippen LogP contribution is 2.07. The summed E-state index contributed by atoms with van der Waals surface area (Å²) in [6, 6.07) is 8.25. The van der Waals surface area contributed by atoms with Crippen LogP contribution in [-0.2, 0) is 6.54 Å². The summed E-state index contributed by atoms with van der Waals surface area (Å²) in [6.07, 6.45) is 7.63. The number of nitrogens with two attached hydrogens (primary N) is 1. The van der Waals surface area contributed by atoms with Crippen molar-refractivity contribution in [2.24, 2.45) is 5.73 Å². The van der Waals surface area contributed by atoms with Crippen molar-refractivity contribution in [3.05, 3.63) is 59.2 Å². The van der Waals surface area contributed by atoms with Gasteiger partial charge in [0.25, 0.3) is 0 Å². The van der Waals surface area contributed by atoms with Gasteiger partial charge in [0.15, 0.2) is 0 Å². The first-order chi connectivity index (χ1) is 8.76. The molecule has 1 aromatic rings. The van der Waals surface area contributed by atoms with E-state index < -0.39 is 0 Å². The van der Waals surface area contributed by atoms with Gasteiger partial charge in [0, 0.05) is 13.1 Å². The smallest absolute Gasteiger partial charge is 0.0178 e. The first-order valence-corrected chi connectivity index (χ1v) is 6.57. The largest absolute Gasteiger partial charge is 0.326 e. The van der Waals surface area contributed by atoms with Crippen LogP contribution >= 0.6 is 0 Å². The van der Waals surface area contributed by atoms with E-state index in [-0.39, 0.29) is 0 Å². The summed E-state index contributed by atoms with van der Waals surface area (Å²) in [6.45, 7) is 6.96. The highest BCUT2D eigenvalue weighted by atomic mass is 14.8. The molecule has 0 saturated heterocycles. The highest BCUT2D eigenvalue weighted by Gasteiger charge is 1.95. The third-order valence-corrected chi connectivity index (χ3v) is 2.81. The minimum atomic E-state index is 0.639. The van der Waals surface area contributed by atoms with Gasteiger partial charge in [0.05, 0.1) is 0 Å². The lowest BCUT2D eigenvalue weighted by molar-refractivity contribution is 0.769. The number of allylic oxidation sites excluding steroid dienone is 3. The standard InChI is InChI=1S/C8H11N.C8H13N/c1-7-2-4-8(6-9)5-3-7;1-2-9-7-8-5-3-4-6-8/h2-5H,6,9H2,1H3;3-5,9H,2,6-7H2,1H3. The first-order valence-electron chi connectivity index (χ1n) is 6.57. The molecule has 2 rings (SSSR count). The van der Waals surface area contributed by atoms with Crippen molar-refractivity contribution in [3.8, 4) is 0 Å². The van der Waals surface area contributed by atoms with Crippen LogP contribution < -0.4 is 11.1 Å². The van der Waals surface area contributed by atoms with Crippen LogP contribution in [0.25, 0.3) is 0 Å². The zero-order valence-electron chi connectivity index (χ0n) is 11.4. The predicted octanol–water partition coefficient (Wildman–Crippen LogP) is 2.94. The summed E-state index contributed by atoms with van der Waals surface area (Å²) in [4.78, 5) is 0. The van der Waals surface area contributed by atoms with E-state index in [0.717, 1.165) is 19.5 Å². The van der Waals surface area contributed by atoms with Crippen molar-refractivity contribution in [2.45, 2.75) is 26.8 Å². The zero-order valence-corrected chi connectivity index (χ0v) is 11.4. The molecule has 0 unspecified atom stereocenters. The number of aryl methyl sites for hydroxylation is 1. The molecular weight excluding hydrogens is 220 g/mol. The second-order valence-electron chi connectivity index (χ2n) is 4.43. The molecule has 0 radical (unpaired) electrons. The first kappa shape index (κ1) is 14.7. The molecule has 2 heteroatoms. The van der Waals surface area contributed by atoms with Gasteiger partial charge in [-0.25, -0.2) is 0 Å². The van der Waals surface area contributed by atoms with Gasteiger partial charge in [-0.1, -0.05) is 60.6 Å². The summed E-state index contributed by atoms with van der Waals surface area (Å²) < 4.78 is 0. The van der Waals surface area contributed by atoms with E-state index in [0.29, 0.717) is 6.54 Å². The maximum atomic E-state index is 5.40. The van der Waals surface area contributed by atoms with Gasteiger partial charge >= 0.3 is 0 Å². The Balaban J connectivity index is 0.000000180. The van der Waals surface area contributed by atoms with Gasteiger partial charge < -0.3 is 11.1 Å². The molecule has 0 aromatic heterocycles. The fraction of sp³-hybridized carbons (Fsp3) is 0.375. The van der Waals surface area contributed by atoms with Gasteiger partial charge in [-0.15, -0.1) is 0 Å². The lowest BCUT2D eigenvalue weighted by Gasteiger charge is -1.99. The number of rotatable bonds is 4. The molecule has 0 amide bonds. The summed E-state index contributed by atoms with van der Waals surface area (Å²) in [5.41, 5.74) is 9.38. The Bertz CT molecular complexity index is 388. The van der Waals surface area contributed by atoms with E-state index >= 15 is 0 Å². The van der Waals surface area contributed by atoms with Gasteiger partial charge in [0.2, 0.25) is 0 Å². The molecular formula is C16H24N2. The maximum absolute atomic E-state index is 5.40. The average molecular weight is 244 g/mol. The Morgan fingerprint density at radius 1 is 1.22 bits per heavy atom. The third kappa shape index (κ3) is 5.80. The molecule has 0 saturated carbocycles. The molecule has 1 aromatic carbocycles. The monoisotopic (exact) mass is 244 g/mol. The number of hydrogen-bond acceptors (Lipinski definition) is 2. The molecule has 0 atom stereocenters. The zero-order chi connectivity index (χ0) is 13.2. The molecule has 0 spiro atoms. The molecule has 0 aliphatic heterocycles. The van der Waals surface area contributed by atoms with Gasteiger partial charge in [0.1, 0.15) is 0 Å².